The number of carbonyl (C=O) groups excluding carboxylic acids is 1. The van der Waals surface area contributed by atoms with E-state index in [0.717, 1.165) is 37.5 Å². The smallest absolute Gasteiger partial charge is 0.223 e. The van der Waals surface area contributed by atoms with E-state index in [4.69, 9.17) is 11.6 Å². The molecule has 4 rings (SSSR count). The lowest BCUT2D eigenvalue weighted by atomic mass is 9.94. The summed E-state index contributed by atoms with van der Waals surface area (Å²) < 4.78 is 0. The third kappa shape index (κ3) is 4.80. The molecule has 1 heterocycles. The Labute approximate surface area is 177 Å². The maximum Gasteiger partial charge on any atom is 0.223 e. The minimum Gasteiger partial charge on any atom is -0.349 e. The first-order valence-corrected chi connectivity index (χ1v) is 10.7. The maximum atomic E-state index is 12.9. The van der Waals surface area contributed by atoms with Gasteiger partial charge in [0, 0.05) is 17.5 Å². The highest BCUT2D eigenvalue weighted by molar-refractivity contribution is 6.30. The lowest BCUT2D eigenvalue weighted by molar-refractivity contribution is -0.127. The Balaban J connectivity index is 1.33. The van der Waals surface area contributed by atoms with Gasteiger partial charge >= 0.3 is 0 Å². The summed E-state index contributed by atoms with van der Waals surface area (Å²) in [6.07, 6.45) is 1.81. The van der Waals surface area contributed by atoms with Gasteiger partial charge in [0.15, 0.2) is 0 Å². The molecule has 3 aromatic carbocycles. The van der Waals surface area contributed by atoms with E-state index in [-0.39, 0.29) is 17.9 Å². The molecule has 1 saturated heterocycles. The molecule has 1 atom stereocenters. The molecule has 1 unspecified atom stereocenters. The average Bonchev–Trinajstić information content (AvgIpc) is 2.75. The van der Waals surface area contributed by atoms with Gasteiger partial charge in [-0.05, 0) is 66.9 Å². The van der Waals surface area contributed by atoms with Crippen LogP contribution in [0.2, 0.25) is 5.02 Å². The molecular formula is C25H27ClN2O. The van der Waals surface area contributed by atoms with Crippen molar-refractivity contribution in [1.29, 1.82) is 0 Å². The van der Waals surface area contributed by atoms with Gasteiger partial charge in [-0.15, -0.1) is 0 Å². The minimum atomic E-state index is 0.000645. The van der Waals surface area contributed by atoms with E-state index < -0.39 is 0 Å². The van der Waals surface area contributed by atoms with E-state index in [1.165, 1.54) is 21.9 Å². The van der Waals surface area contributed by atoms with Gasteiger partial charge in [-0.3, -0.25) is 9.69 Å². The Morgan fingerprint density at radius 3 is 2.48 bits per heavy atom. The van der Waals surface area contributed by atoms with Crippen LogP contribution in [-0.4, -0.2) is 23.9 Å². The molecule has 0 aromatic heterocycles. The highest BCUT2D eigenvalue weighted by atomic mass is 35.5. The predicted molar refractivity (Wildman–Crippen MR) is 120 cm³/mol. The van der Waals surface area contributed by atoms with Crippen molar-refractivity contribution in [1.82, 2.24) is 10.2 Å². The summed E-state index contributed by atoms with van der Waals surface area (Å²) in [5.41, 5.74) is 2.44. The van der Waals surface area contributed by atoms with Crippen molar-refractivity contribution in [3.8, 4) is 0 Å². The highest BCUT2D eigenvalue weighted by Crippen LogP contribution is 2.26. The van der Waals surface area contributed by atoms with Gasteiger partial charge in [0.2, 0.25) is 5.91 Å². The number of nitrogens with one attached hydrogen (secondary N) is 1. The van der Waals surface area contributed by atoms with Crippen molar-refractivity contribution in [2.75, 3.05) is 13.1 Å². The topological polar surface area (TPSA) is 32.3 Å². The number of nitrogens with zero attached hydrogens (tertiary/aromatic N) is 1. The summed E-state index contributed by atoms with van der Waals surface area (Å²) in [7, 11) is 0. The predicted octanol–water partition coefficient (Wildman–Crippen LogP) is 5.58. The molecule has 0 spiro atoms. The van der Waals surface area contributed by atoms with Gasteiger partial charge in [0.05, 0.1) is 6.04 Å². The molecular weight excluding hydrogens is 380 g/mol. The molecule has 29 heavy (non-hydrogen) atoms. The summed E-state index contributed by atoms with van der Waals surface area (Å²) in [4.78, 5) is 15.3. The Kier molecular flexibility index (Phi) is 6.17. The third-order valence-electron chi connectivity index (χ3n) is 5.93. The van der Waals surface area contributed by atoms with Crippen molar-refractivity contribution < 1.29 is 4.79 Å². The number of hydrogen-bond donors (Lipinski definition) is 1. The van der Waals surface area contributed by atoms with Crippen LogP contribution in [0.15, 0.2) is 66.7 Å². The molecule has 0 bridgehead atoms. The van der Waals surface area contributed by atoms with E-state index in [1.807, 2.05) is 18.2 Å². The number of piperidine rings is 1. The molecule has 0 saturated carbocycles. The van der Waals surface area contributed by atoms with Crippen LogP contribution in [0.4, 0.5) is 0 Å². The van der Waals surface area contributed by atoms with E-state index in [1.54, 1.807) is 0 Å². The first-order chi connectivity index (χ1) is 14.1. The van der Waals surface area contributed by atoms with Gasteiger partial charge in [0.1, 0.15) is 0 Å². The van der Waals surface area contributed by atoms with Gasteiger partial charge < -0.3 is 5.32 Å². The minimum absolute atomic E-state index is 0.000645. The second kappa shape index (κ2) is 8.98. The lowest BCUT2D eigenvalue weighted by Crippen LogP contribution is -2.40. The van der Waals surface area contributed by atoms with E-state index in [0.29, 0.717) is 0 Å². The molecule has 0 aliphatic carbocycles. The van der Waals surface area contributed by atoms with Crippen LogP contribution in [0, 0.1) is 5.92 Å². The Morgan fingerprint density at radius 1 is 1.03 bits per heavy atom. The summed E-state index contributed by atoms with van der Waals surface area (Å²) in [6.45, 7) is 4.89. The van der Waals surface area contributed by atoms with Crippen LogP contribution in [0.1, 0.15) is 36.9 Å². The first-order valence-electron chi connectivity index (χ1n) is 10.3. The standard InChI is InChI=1S/C25H27ClN2O/c1-18(23-8-4-6-20-5-2-3-7-24(20)23)27-25(29)21-13-15-28(16-14-21)17-19-9-11-22(26)12-10-19/h2-12,18,21H,13-17H2,1H3,(H,27,29). The molecule has 0 radical (unpaired) electrons. The highest BCUT2D eigenvalue weighted by Gasteiger charge is 2.26. The van der Waals surface area contributed by atoms with Gasteiger partial charge in [-0.25, -0.2) is 0 Å². The van der Waals surface area contributed by atoms with Crippen molar-refractivity contribution in [2.45, 2.75) is 32.4 Å². The molecule has 1 aliphatic heterocycles. The molecule has 4 heteroatoms. The van der Waals surface area contributed by atoms with Crippen LogP contribution >= 0.6 is 11.6 Å². The summed E-state index contributed by atoms with van der Waals surface area (Å²) in [6, 6.07) is 22.7. The largest absolute Gasteiger partial charge is 0.349 e. The van der Waals surface area contributed by atoms with E-state index in [2.05, 4.69) is 65.7 Å². The zero-order chi connectivity index (χ0) is 20.2. The van der Waals surface area contributed by atoms with Crippen LogP contribution in [0.25, 0.3) is 10.8 Å². The average molecular weight is 407 g/mol. The molecule has 1 N–H and O–H groups in total. The van der Waals surface area contributed by atoms with Crippen molar-refractivity contribution in [3.63, 3.8) is 0 Å². The van der Waals surface area contributed by atoms with Crippen molar-refractivity contribution >= 4 is 28.3 Å². The number of hydrogen-bond acceptors (Lipinski definition) is 2. The van der Waals surface area contributed by atoms with Crippen molar-refractivity contribution in [3.05, 3.63) is 82.9 Å². The van der Waals surface area contributed by atoms with E-state index >= 15 is 0 Å². The molecule has 1 fully saturated rings. The molecule has 150 valence electrons. The molecule has 1 aliphatic rings. The fourth-order valence-electron chi connectivity index (χ4n) is 4.24. The SMILES string of the molecule is CC(NC(=O)C1CCN(Cc2ccc(Cl)cc2)CC1)c1cccc2ccccc12. The number of fused-ring (bicyclic) bond motifs is 1. The molecule has 1 amide bonds. The number of benzene rings is 3. The normalized spacial score (nSPS) is 16.6. The number of likely N-dealkylation sites (tertiary alicyclic amines) is 1. The zero-order valence-corrected chi connectivity index (χ0v) is 17.5. The van der Waals surface area contributed by atoms with Gasteiger partial charge in [-0.1, -0.05) is 66.2 Å². The Morgan fingerprint density at radius 2 is 1.72 bits per heavy atom. The number of carbonyl (C=O) groups is 1. The number of rotatable bonds is 5. The zero-order valence-electron chi connectivity index (χ0n) is 16.8. The van der Waals surface area contributed by atoms with Gasteiger partial charge in [0.25, 0.3) is 0 Å². The van der Waals surface area contributed by atoms with Crippen LogP contribution in [0.5, 0.6) is 0 Å². The second-order valence-corrected chi connectivity index (χ2v) is 8.41. The second-order valence-electron chi connectivity index (χ2n) is 7.98. The maximum absolute atomic E-state index is 12.9. The lowest BCUT2D eigenvalue weighted by Gasteiger charge is -2.32. The summed E-state index contributed by atoms with van der Waals surface area (Å²) in [5.74, 6) is 0.269. The Bertz CT molecular complexity index is 972. The summed E-state index contributed by atoms with van der Waals surface area (Å²) in [5, 5.41) is 6.44. The number of amides is 1. The fourth-order valence-corrected chi connectivity index (χ4v) is 4.36. The fraction of sp³-hybridized carbons (Fsp3) is 0.320. The van der Waals surface area contributed by atoms with Crippen LogP contribution < -0.4 is 5.32 Å². The van der Waals surface area contributed by atoms with Crippen LogP contribution in [0.3, 0.4) is 0 Å². The number of halogens is 1. The quantitative estimate of drug-likeness (QED) is 0.599. The summed E-state index contributed by atoms with van der Waals surface area (Å²) >= 11 is 5.97. The van der Waals surface area contributed by atoms with Crippen molar-refractivity contribution in [2.24, 2.45) is 5.92 Å². The van der Waals surface area contributed by atoms with E-state index in [9.17, 15) is 4.79 Å². The molecule has 3 nitrogen and oxygen atoms in total. The Hall–Kier alpha value is -2.36. The van der Waals surface area contributed by atoms with Gasteiger partial charge in [-0.2, -0.15) is 0 Å². The molecule has 3 aromatic rings. The third-order valence-corrected chi connectivity index (χ3v) is 6.18. The monoisotopic (exact) mass is 406 g/mol. The first kappa shape index (κ1) is 19.9. The van der Waals surface area contributed by atoms with Crippen LogP contribution in [-0.2, 0) is 11.3 Å².